The van der Waals surface area contributed by atoms with E-state index in [2.05, 4.69) is 4.98 Å². The lowest BCUT2D eigenvalue weighted by molar-refractivity contribution is 0.139. The molecule has 6 aromatic rings. The second-order valence-corrected chi connectivity index (χ2v) is 18.5. The Morgan fingerprint density at radius 1 is 0.689 bits per heavy atom. The van der Waals surface area contributed by atoms with Crippen LogP contribution < -0.4 is 16.6 Å². The van der Waals surface area contributed by atoms with Crippen molar-refractivity contribution in [1.29, 1.82) is 0 Å². The molecule has 326 valence electrons. The smallest absolute Gasteiger partial charge is 0.193 e. The van der Waals surface area contributed by atoms with Crippen molar-refractivity contribution in [1.82, 2.24) is 19.1 Å². The molecule has 4 heterocycles. The topological polar surface area (TPSA) is 156 Å². The molecule has 0 aliphatic heterocycles. The summed E-state index contributed by atoms with van der Waals surface area (Å²) in [5.41, 5.74) is 10.0. The molecule has 0 unspecified atom stereocenters. The second kappa shape index (κ2) is 19.1. The zero-order chi connectivity index (χ0) is 45.1. The number of aryl methyl sites for hydroxylation is 3. The minimum absolute atomic E-state index is 0.00730. The van der Waals surface area contributed by atoms with Gasteiger partial charge in [-0.1, -0.05) is 89.0 Å². The quantitative estimate of drug-likeness (QED) is 0.101. The molecule has 4 aromatic heterocycles. The number of anilines is 1. The van der Waals surface area contributed by atoms with E-state index in [1.807, 2.05) is 50.7 Å². The molecular weight excluding hydrogens is 823 g/mol. The fourth-order valence-electron chi connectivity index (χ4n) is 7.52. The maximum atomic E-state index is 14.6. The minimum atomic E-state index is -0.511. The molecule has 0 aliphatic rings. The van der Waals surface area contributed by atoms with E-state index < -0.39 is 11.6 Å². The van der Waals surface area contributed by atoms with Crippen molar-refractivity contribution in [2.45, 2.75) is 93.2 Å². The first-order valence-corrected chi connectivity index (χ1v) is 20.9. The monoisotopic (exact) mass is 877 g/mol. The van der Waals surface area contributed by atoms with Gasteiger partial charge < -0.3 is 30.2 Å². The Kier molecular flexibility index (Phi) is 14.8. The molecule has 10 nitrogen and oxygen atoms in total. The SMILES string of the molecule is Cc1cn([C@H](CO)C(C)(C)C)c2nc(CCCO)c(Cc3cccc(Cl)c3F)cc2c1=O.Cc1cn([C@H](CO)C(C)(C)C)c2nc(N)c(Cc3cccc(Cl)c3F)cc2c1=O. The van der Waals surface area contributed by atoms with Gasteiger partial charge in [-0.15, -0.1) is 0 Å². The molecule has 0 fully saturated rings. The van der Waals surface area contributed by atoms with E-state index >= 15 is 0 Å². The lowest BCUT2D eigenvalue weighted by Gasteiger charge is -2.32. The molecule has 2 aromatic carbocycles. The van der Waals surface area contributed by atoms with E-state index in [-0.39, 0.29) is 82.3 Å². The normalized spacial score (nSPS) is 13.0. The number of hydrogen-bond donors (Lipinski definition) is 4. The first kappa shape index (κ1) is 47.3. The number of pyridine rings is 4. The van der Waals surface area contributed by atoms with Gasteiger partial charge in [0.1, 0.15) is 28.7 Å². The Morgan fingerprint density at radius 3 is 1.54 bits per heavy atom. The van der Waals surface area contributed by atoms with Crippen molar-refractivity contribution < 1.29 is 24.1 Å². The molecule has 0 radical (unpaired) electrons. The summed E-state index contributed by atoms with van der Waals surface area (Å²) in [6.45, 7) is 15.3. The van der Waals surface area contributed by atoms with Crippen molar-refractivity contribution in [3.63, 3.8) is 0 Å². The number of fused-ring (bicyclic) bond motifs is 2. The lowest BCUT2D eigenvalue weighted by Crippen LogP contribution is -2.30. The molecule has 0 saturated heterocycles. The Bertz CT molecular complexity index is 2690. The molecule has 5 N–H and O–H groups in total. The number of halogens is 4. The number of benzene rings is 2. The van der Waals surface area contributed by atoms with E-state index in [0.717, 1.165) is 5.56 Å². The van der Waals surface area contributed by atoms with Crippen LogP contribution in [0.5, 0.6) is 0 Å². The third-order valence-corrected chi connectivity index (χ3v) is 11.6. The molecular formula is C47H55Cl2F2N5O5. The number of nitrogens with zero attached hydrogens (tertiary/aromatic N) is 4. The van der Waals surface area contributed by atoms with Gasteiger partial charge in [0.25, 0.3) is 0 Å². The molecule has 0 spiro atoms. The maximum Gasteiger partial charge on any atom is 0.193 e. The van der Waals surface area contributed by atoms with Gasteiger partial charge in [0.15, 0.2) is 10.9 Å². The first-order valence-electron chi connectivity index (χ1n) is 20.2. The summed E-state index contributed by atoms with van der Waals surface area (Å²) in [5.74, 6) is -0.792. The van der Waals surface area contributed by atoms with Crippen LogP contribution in [0.1, 0.15) is 99.1 Å². The standard InChI is InChI=1S/C25H30ClFN2O3.C22H25ClFN3O2/c1-15-13-29(21(14-31)25(2,3)4)24-18(23(15)32)12-17(20(28-24)9-6-10-30)11-16-7-5-8-19(26)22(16)27;1-12-10-27(17(11-28)22(2,3)4)21-15(19(12)29)9-14(20(25)26-21)8-13-6-5-7-16(23)18(13)24/h5,7-8,12-13,21,30-31H,6,9-11,14H2,1-4H3;5-7,9-10,17,28H,8,11H2,1-4H3,(H2,25,26)/t21-;17-/m11/s1. The Balaban J connectivity index is 0.000000232. The Morgan fingerprint density at radius 2 is 1.11 bits per heavy atom. The van der Waals surface area contributed by atoms with E-state index in [1.54, 1.807) is 62.6 Å². The highest BCUT2D eigenvalue weighted by Gasteiger charge is 2.29. The van der Waals surface area contributed by atoms with Gasteiger partial charge in [-0.05, 0) is 84.0 Å². The van der Waals surface area contributed by atoms with Crippen LogP contribution >= 0.6 is 23.2 Å². The third-order valence-electron chi connectivity index (χ3n) is 11.1. The van der Waals surface area contributed by atoms with Crippen molar-refractivity contribution in [2.75, 3.05) is 25.6 Å². The number of aliphatic hydroxyl groups excluding tert-OH is 3. The van der Waals surface area contributed by atoms with Crippen LogP contribution in [0.4, 0.5) is 14.6 Å². The van der Waals surface area contributed by atoms with Crippen LogP contribution in [0.2, 0.25) is 10.0 Å². The third kappa shape index (κ3) is 10.3. The summed E-state index contributed by atoms with van der Waals surface area (Å²) in [5, 5.41) is 30.4. The van der Waals surface area contributed by atoms with Gasteiger partial charge in [0, 0.05) is 48.7 Å². The zero-order valence-electron chi connectivity index (χ0n) is 35.9. The number of aliphatic hydroxyl groups is 3. The van der Waals surface area contributed by atoms with Crippen molar-refractivity contribution in [2.24, 2.45) is 10.8 Å². The Hall–Kier alpha value is -4.72. The second-order valence-electron chi connectivity index (χ2n) is 17.7. The highest BCUT2D eigenvalue weighted by Crippen LogP contribution is 2.35. The lowest BCUT2D eigenvalue weighted by atomic mass is 9.86. The fourth-order valence-corrected chi connectivity index (χ4v) is 7.91. The van der Waals surface area contributed by atoms with Crippen LogP contribution in [0.3, 0.4) is 0 Å². The first-order chi connectivity index (χ1) is 28.6. The predicted molar refractivity (Wildman–Crippen MR) is 241 cm³/mol. The summed E-state index contributed by atoms with van der Waals surface area (Å²) in [6.07, 6.45) is 4.81. The van der Waals surface area contributed by atoms with Gasteiger partial charge in [-0.25, -0.2) is 18.7 Å². The molecule has 0 bridgehead atoms. The van der Waals surface area contributed by atoms with E-state index in [1.165, 1.54) is 12.1 Å². The number of hydrogen-bond acceptors (Lipinski definition) is 8. The van der Waals surface area contributed by atoms with Crippen molar-refractivity contribution >= 4 is 51.1 Å². The molecule has 14 heteroatoms. The van der Waals surface area contributed by atoms with Gasteiger partial charge in [0.2, 0.25) is 0 Å². The van der Waals surface area contributed by atoms with Crippen LogP contribution in [-0.4, -0.2) is 54.2 Å². The average Bonchev–Trinajstić information content (AvgIpc) is 3.18. The molecule has 0 amide bonds. The van der Waals surface area contributed by atoms with Gasteiger partial charge in [-0.3, -0.25) is 9.59 Å². The molecule has 6 rings (SSSR count). The van der Waals surface area contributed by atoms with Crippen molar-refractivity contribution in [3.8, 4) is 0 Å². The van der Waals surface area contributed by atoms with E-state index in [4.69, 9.17) is 33.9 Å². The van der Waals surface area contributed by atoms with Crippen LogP contribution in [0, 0.1) is 36.3 Å². The summed E-state index contributed by atoms with van der Waals surface area (Å²) in [4.78, 5) is 35.2. The highest BCUT2D eigenvalue weighted by molar-refractivity contribution is 6.31. The largest absolute Gasteiger partial charge is 0.396 e. The molecule has 61 heavy (non-hydrogen) atoms. The molecule has 0 aliphatic carbocycles. The molecule has 2 atom stereocenters. The predicted octanol–water partition coefficient (Wildman–Crippen LogP) is 8.84. The van der Waals surface area contributed by atoms with E-state index in [9.17, 15) is 33.7 Å². The number of nitrogen functional groups attached to an aromatic ring is 1. The van der Waals surface area contributed by atoms with Gasteiger partial charge in [0.05, 0.1) is 46.1 Å². The summed E-state index contributed by atoms with van der Waals surface area (Å²) in [7, 11) is 0. The van der Waals surface area contributed by atoms with E-state index in [0.29, 0.717) is 68.4 Å². The Labute approximate surface area is 364 Å². The number of aromatic nitrogens is 4. The van der Waals surface area contributed by atoms with Crippen molar-refractivity contribution in [3.05, 3.63) is 142 Å². The summed E-state index contributed by atoms with van der Waals surface area (Å²) >= 11 is 11.8. The molecule has 0 saturated carbocycles. The van der Waals surface area contributed by atoms with Crippen LogP contribution in [-0.2, 0) is 19.3 Å². The maximum absolute atomic E-state index is 14.6. The zero-order valence-corrected chi connectivity index (χ0v) is 37.4. The number of rotatable bonds is 11. The van der Waals surface area contributed by atoms with Crippen LogP contribution in [0.15, 0.2) is 70.5 Å². The van der Waals surface area contributed by atoms with Gasteiger partial charge in [-0.2, -0.15) is 0 Å². The van der Waals surface area contributed by atoms with Crippen LogP contribution in [0.25, 0.3) is 22.1 Å². The summed E-state index contributed by atoms with van der Waals surface area (Å²) in [6, 6.07) is 12.5. The minimum Gasteiger partial charge on any atom is -0.396 e. The summed E-state index contributed by atoms with van der Waals surface area (Å²) < 4.78 is 32.6. The highest BCUT2D eigenvalue weighted by atomic mass is 35.5. The average molecular weight is 879 g/mol. The van der Waals surface area contributed by atoms with Gasteiger partial charge >= 0.3 is 0 Å². The fraction of sp³-hybridized carbons (Fsp3) is 0.404. The number of nitrogens with two attached hydrogens (primary N) is 1.